The normalized spacial score (nSPS) is 25.9. The Morgan fingerprint density at radius 1 is 1.29 bits per heavy atom. The lowest BCUT2D eigenvalue weighted by Gasteiger charge is -2.36. The summed E-state index contributed by atoms with van der Waals surface area (Å²) in [5, 5.41) is 6.99. The van der Waals surface area contributed by atoms with E-state index in [4.69, 9.17) is 11.5 Å². The summed E-state index contributed by atoms with van der Waals surface area (Å²) in [7, 11) is 0. The van der Waals surface area contributed by atoms with Gasteiger partial charge in [0.2, 0.25) is 5.91 Å². The molecule has 21 heavy (non-hydrogen) atoms. The summed E-state index contributed by atoms with van der Waals surface area (Å²) in [5.41, 5.74) is 13.0. The minimum Gasteiger partial charge on any atom is -0.395 e. The molecule has 2 atom stereocenters. The summed E-state index contributed by atoms with van der Waals surface area (Å²) in [5.74, 6) is -0.438. The largest absolute Gasteiger partial charge is 0.395 e. The molecule has 3 rings (SSSR count). The number of anilines is 1. The van der Waals surface area contributed by atoms with Crippen molar-refractivity contribution in [2.45, 2.75) is 44.6 Å². The van der Waals surface area contributed by atoms with Crippen LogP contribution in [-0.4, -0.2) is 39.5 Å². The predicted molar refractivity (Wildman–Crippen MR) is 77.4 cm³/mol. The lowest BCUT2D eigenvalue weighted by molar-refractivity contribution is -0.123. The number of nitrogens with zero attached hydrogens (tertiary/aromatic N) is 2. The standard InChI is InChI=1S/C14H21N5O2/c1-7-2-3-9(13(16)20)6-19(7)14(21)12-10(15)11(17-18-12)8-4-5-8/h7-9H,2-6,15H2,1H3,(H2,16,20)(H,17,18). The fourth-order valence-electron chi connectivity index (χ4n) is 2.97. The predicted octanol–water partition coefficient (Wildman–Crippen LogP) is 0.595. The molecule has 2 unspecified atom stereocenters. The van der Waals surface area contributed by atoms with E-state index in [-0.39, 0.29) is 29.5 Å². The average molecular weight is 291 g/mol. The van der Waals surface area contributed by atoms with E-state index in [9.17, 15) is 9.59 Å². The molecule has 0 aromatic carbocycles. The van der Waals surface area contributed by atoms with Crippen LogP contribution in [0.5, 0.6) is 0 Å². The fourth-order valence-corrected chi connectivity index (χ4v) is 2.97. The van der Waals surface area contributed by atoms with Crippen LogP contribution in [0.2, 0.25) is 0 Å². The van der Waals surface area contributed by atoms with E-state index < -0.39 is 0 Å². The molecule has 1 aromatic heterocycles. The van der Waals surface area contributed by atoms with E-state index in [1.165, 1.54) is 0 Å². The molecule has 1 aromatic rings. The zero-order chi connectivity index (χ0) is 15.1. The Labute approximate surface area is 123 Å². The van der Waals surface area contributed by atoms with E-state index >= 15 is 0 Å². The number of hydrogen-bond acceptors (Lipinski definition) is 4. The van der Waals surface area contributed by atoms with Crippen LogP contribution >= 0.6 is 0 Å². The van der Waals surface area contributed by atoms with Crippen molar-refractivity contribution in [2.75, 3.05) is 12.3 Å². The summed E-state index contributed by atoms with van der Waals surface area (Å²) < 4.78 is 0. The van der Waals surface area contributed by atoms with Crippen LogP contribution in [-0.2, 0) is 4.79 Å². The van der Waals surface area contributed by atoms with Crippen molar-refractivity contribution < 1.29 is 9.59 Å². The first-order valence-corrected chi connectivity index (χ1v) is 7.43. The lowest BCUT2D eigenvalue weighted by Crippen LogP contribution is -2.48. The molecule has 0 bridgehead atoms. The Balaban J connectivity index is 1.81. The first-order valence-electron chi connectivity index (χ1n) is 7.43. The number of aromatic nitrogens is 2. The maximum atomic E-state index is 12.7. The van der Waals surface area contributed by atoms with Crippen molar-refractivity contribution in [2.24, 2.45) is 11.7 Å². The second-order valence-electron chi connectivity index (χ2n) is 6.16. The van der Waals surface area contributed by atoms with E-state index in [1.807, 2.05) is 6.92 Å². The fraction of sp³-hybridized carbons (Fsp3) is 0.643. The quantitative estimate of drug-likeness (QED) is 0.755. The van der Waals surface area contributed by atoms with Gasteiger partial charge < -0.3 is 16.4 Å². The molecule has 2 heterocycles. The van der Waals surface area contributed by atoms with Crippen molar-refractivity contribution in [3.63, 3.8) is 0 Å². The van der Waals surface area contributed by atoms with Gasteiger partial charge in [-0.25, -0.2) is 0 Å². The third kappa shape index (κ3) is 2.48. The third-order valence-corrected chi connectivity index (χ3v) is 4.57. The maximum Gasteiger partial charge on any atom is 0.276 e. The smallest absolute Gasteiger partial charge is 0.276 e. The molecule has 5 N–H and O–H groups in total. The Morgan fingerprint density at radius 3 is 2.62 bits per heavy atom. The first-order chi connectivity index (χ1) is 9.99. The van der Waals surface area contributed by atoms with Gasteiger partial charge in [-0.1, -0.05) is 0 Å². The second-order valence-corrected chi connectivity index (χ2v) is 6.16. The van der Waals surface area contributed by atoms with Gasteiger partial charge in [0.25, 0.3) is 5.91 Å². The van der Waals surface area contributed by atoms with Crippen LogP contribution in [0.25, 0.3) is 0 Å². The van der Waals surface area contributed by atoms with Gasteiger partial charge in [0.05, 0.1) is 17.3 Å². The highest BCUT2D eigenvalue weighted by Crippen LogP contribution is 2.42. The number of piperidine rings is 1. The number of aromatic amines is 1. The monoisotopic (exact) mass is 291 g/mol. The number of amides is 2. The molecule has 114 valence electrons. The molecule has 1 aliphatic heterocycles. The summed E-state index contributed by atoms with van der Waals surface area (Å²) in [4.78, 5) is 25.7. The average Bonchev–Trinajstić information content (AvgIpc) is 3.21. The number of nitrogens with two attached hydrogens (primary N) is 2. The van der Waals surface area contributed by atoms with Crippen LogP contribution in [0.4, 0.5) is 5.69 Å². The van der Waals surface area contributed by atoms with Crippen LogP contribution in [0.3, 0.4) is 0 Å². The lowest BCUT2D eigenvalue weighted by atomic mass is 9.92. The van der Waals surface area contributed by atoms with Crippen molar-refractivity contribution in [1.82, 2.24) is 15.1 Å². The molecule has 1 saturated carbocycles. The second kappa shape index (κ2) is 5.05. The van der Waals surface area contributed by atoms with Crippen LogP contribution in [0.1, 0.15) is 54.7 Å². The SMILES string of the molecule is CC1CCC(C(N)=O)CN1C(=O)c1n[nH]c(C2CC2)c1N. The Bertz CT molecular complexity index is 578. The Morgan fingerprint density at radius 2 is 2.00 bits per heavy atom. The van der Waals surface area contributed by atoms with Gasteiger partial charge in [-0.05, 0) is 32.6 Å². The van der Waals surface area contributed by atoms with E-state index in [0.29, 0.717) is 18.2 Å². The van der Waals surface area contributed by atoms with Gasteiger partial charge in [-0.2, -0.15) is 5.10 Å². The van der Waals surface area contributed by atoms with Crippen molar-refractivity contribution >= 4 is 17.5 Å². The van der Waals surface area contributed by atoms with Crippen molar-refractivity contribution in [1.29, 1.82) is 0 Å². The van der Waals surface area contributed by atoms with Crippen LogP contribution < -0.4 is 11.5 Å². The Hall–Kier alpha value is -2.05. The van der Waals surface area contributed by atoms with Crippen molar-refractivity contribution in [3.8, 4) is 0 Å². The zero-order valence-electron chi connectivity index (χ0n) is 12.1. The topological polar surface area (TPSA) is 118 Å². The first kappa shape index (κ1) is 13.9. The zero-order valence-corrected chi connectivity index (χ0v) is 12.1. The van der Waals surface area contributed by atoms with Gasteiger partial charge >= 0.3 is 0 Å². The van der Waals surface area contributed by atoms with Crippen molar-refractivity contribution in [3.05, 3.63) is 11.4 Å². The molecule has 2 amide bonds. The van der Waals surface area contributed by atoms with Gasteiger partial charge in [-0.15, -0.1) is 0 Å². The van der Waals surface area contributed by atoms with Gasteiger partial charge in [-0.3, -0.25) is 14.7 Å². The number of hydrogen-bond donors (Lipinski definition) is 3. The summed E-state index contributed by atoms with van der Waals surface area (Å²) in [6.45, 7) is 2.32. The minimum atomic E-state index is -0.353. The number of H-pyrrole nitrogens is 1. The summed E-state index contributed by atoms with van der Waals surface area (Å²) >= 11 is 0. The van der Waals surface area contributed by atoms with E-state index in [0.717, 1.165) is 31.4 Å². The minimum absolute atomic E-state index is 0.0635. The highest BCUT2D eigenvalue weighted by Gasteiger charge is 2.36. The molecular formula is C14H21N5O2. The maximum absolute atomic E-state index is 12.7. The molecule has 2 fully saturated rings. The summed E-state index contributed by atoms with van der Waals surface area (Å²) in [6.07, 6.45) is 3.66. The molecule has 0 radical (unpaired) electrons. The van der Waals surface area contributed by atoms with Gasteiger partial charge in [0.1, 0.15) is 0 Å². The van der Waals surface area contributed by atoms with Crippen LogP contribution in [0, 0.1) is 5.92 Å². The molecule has 7 nitrogen and oxygen atoms in total. The Kier molecular flexibility index (Phi) is 3.35. The molecule has 2 aliphatic rings. The summed E-state index contributed by atoms with van der Waals surface area (Å²) in [6, 6.07) is 0.0635. The number of carbonyl (C=O) groups excluding carboxylic acids is 2. The number of rotatable bonds is 3. The highest BCUT2D eigenvalue weighted by atomic mass is 16.2. The van der Waals surface area contributed by atoms with Gasteiger partial charge in [0.15, 0.2) is 5.69 Å². The number of primary amides is 1. The van der Waals surface area contributed by atoms with E-state index in [2.05, 4.69) is 10.2 Å². The number of nitrogens with one attached hydrogen (secondary N) is 1. The molecular weight excluding hydrogens is 270 g/mol. The van der Waals surface area contributed by atoms with E-state index in [1.54, 1.807) is 4.90 Å². The third-order valence-electron chi connectivity index (χ3n) is 4.57. The molecule has 0 spiro atoms. The number of carbonyl (C=O) groups is 2. The number of nitrogen functional groups attached to an aromatic ring is 1. The molecule has 1 aliphatic carbocycles. The number of likely N-dealkylation sites (tertiary alicyclic amines) is 1. The molecule has 7 heteroatoms. The van der Waals surface area contributed by atoms with Crippen LogP contribution in [0.15, 0.2) is 0 Å². The molecule has 1 saturated heterocycles. The highest BCUT2D eigenvalue weighted by molar-refractivity contribution is 5.98. The van der Waals surface area contributed by atoms with Gasteiger partial charge in [0, 0.05) is 18.5 Å².